The Morgan fingerprint density at radius 2 is 2.05 bits per heavy atom. The molecule has 0 spiro atoms. The van der Waals surface area contributed by atoms with Gasteiger partial charge in [-0.25, -0.2) is 4.39 Å². The van der Waals surface area contributed by atoms with Gasteiger partial charge in [0.15, 0.2) is 6.10 Å². The zero-order valence-electron chi connectivity index (χ0n) is 10.3. The maximum Gasteiger partial charge on any atom is 0.414 e. The van der Waals surface area contributed by atoms with E-state index >= 15 is 0 Å². The van der Waals surface area contributed by atoms with Crippen LogP contribution in [0.4, 0.5) is 17.6 Å². The van der Waals surface area contributed by atoms with Gasteiger partial charge in [-0.05, 0) is 24.6 Å². The Morgan fingerprint density at radius 3 is 2.70 bits per heavy atom. The number of hydrogen-bond acceptors (Lipinski definition) is 4. The molecule has 0 aliphatic heterocycles. The smallest absolute Gasteiger partial charge is 0.383 e. The van der Waals surface area contributed by atoms with E-state index in [1.54, 1.807) is 6.92 Å². The molecule has 8 heteroatoms. The Labute approximate surface area is 111 Å². The number of nitrogens with zero attached hydrogens (tertiary/aromatic N) is 2. The molecule has 1 N–H and O–H groups in total. The number of benzene rings is 1. The van der Waals surface area contributed by atoms with Crippen molar-refractivity contribution in [3.05, 3.63) is 35.5 Å². The standard InChI is InChI=1S/C12H10F4N2O2/c1-6-2-3-7(13)4-8(6)11-17-10(20-18-11)5-9(19)12(14,15)16/h2-4,9,19H,5H2,1H3. The van der Waals surface area contributed by atoms with Crippen molar-refractivity contribution in [2.24, 2.45) is 0 Å². The van der Waals surface area contributed by atoms with Crippen LogP contribution in [-0.4, -0.2) is 27.5 Å². The van der Waals surface area contributed by atoms with Crippen LogP contribution in [0.25, 0.3) is 11.4 Å². The van der Waals surface area contributed by atoms with Gasteiger partial charge in [0.25, 0.3) is 0 Å². The van der Waals surface area contributed by atoms with E-state index in [2.05, 4.69) is 14.7 Å². The number of aryl methyl sites for hydroxylation is 1. The van der Waals surface area contributed by atoms with Gasteiger partial charge in [-0.2, -0.15) is 18.2 Å². The average Bonchev–Trinajstić information content (AvgIpc) is 2.79. The molecule has 108 valence electrons. The zero-order valence-corrected chi connectivity index (χ0v) is 10.3. The van der Waals surface area contributed by atoms with Crippen molar-refractivity contribution < 1.29 is 27.2 Å². The number of rotatable bonds is 3. The van der Waals surface area contributed by atoms with E-state index < -0.39 is 24.5 Å². The number of aliphatic hydroxyl groups excluding tert-OH is 1. The minimum atomic E-state index is -4.76. The molecular formula is C12H10F4N2O2. The third kappa shape index (κ3) is 3.13. The van der Waals surface area contributed by atoms with Crippen molar-refractivity contribution in [2.75, 3.05) is 0 Å². The fourth-order valence-corrected chi connectivity index (χ4v) is 1.56. The maximum absolute atomic E-state index is 13.1. The molecule has 1 heterocycles. The lowest BCUT2D eigenvalue weighted by molar-refractivity contribution is -0.204. The summed E-state index contributed by atoms with van der Waals surface area (Å²) in [5.41, 5.74) is 0.969. The number of aliphatic hydroxyl groups is 1. The van der Waals surface area contributed by atoms with E-state index in [1.165, 1.54) is 12.1 Å². The quantitative estimate of drug-likeness (QED) is 0.883. The minimum absolute atomic E-state index is 0.0219. The molecule has 4 nitrogen and oxygen atoms in total. The summed E-state index contributed by atoms with van der Waals surface area (Å²) in [5, 5.41) is 12.4. The summed E-state index contributed by atoms with van der Waals surface area (Å²) in [4.78, 5) is 3.73. The van der Waals surface area contributed by atoms with Gasteiger partial charge < -0.3 is 9.63 Å². The summed E-state index contributed by atoms with van der Waals surface area (Å²) < 4.78 is 54.3. The minimum Gasteiger partial charge on any atom is -0.383 e. The third-order valence-electron chi connectivity index (χ3n) is 2.65. The molecule has 0 radical (unpaired) electrons. The zero-order chi connectivity index (χ0) is 14.9. The van der Waals surface area contributed by atoms with Gasteiger partial charge in [-0.15, -0.1) is 0 Å². The second-order valence-electron chi connectivity index (χ2n) is 4.23. The normalized spacial score (nSPS) is 13.5. The number of alkyl halides is 3. The van der Waals surface area contributed by atoms with Crippen LogP contribution >= 0.6 is 0 Å². The van der Waals surface area contributed by atoms with Crippen LogP contribution in [0.3, 0.4) is 0 Å². The van der Waals surface area contributed by atoms with Gasteiger partial charge in [0.1, 0.15) is 5.82 Å². The first-order chi connectivity index (χ1) is 9.27. The van der Waals surface area contributed by atoms with Crippen LogP contribution < -0.4 is 0 Å². The summed E-state index contributed by atoms with van der Waals surface area (Å²) in [6, 6.07) is 3.89. The topological polar surface area (TPSA) is 59.2 Å². The van der Waals surface area contributed by atoms with E-state index in [9.17, 15) is 17.6 Å². The molecule has 1 unspecified atom stereocenters. The Hall–Kier alpha value is -1.96. The first-order valence-corrected chi connectivity index (χ1v) is 5.61. The first kappa shape index (κ1) is 14.4. The molecule has 1 atom stereocenters. The predicted octanol–water partition coefficient (Wildman–Crippen LogP) is 2.65. The lowest BCUT2D eigenvalue weighted by Crippen LogP contribution is -2.30. The van der Waals surface area contributed by atoms with E-state index in [1.807, 2.05) is 0 Å². The summed E-state index contributed by atoms with van der Waals surface area (Å²) in [6.45, 7) is 1.68. The Bertz CT molecular complexity index is 610. The second-order valence-corrected chi connectivity index (χ2v) is 4.23. The fourth-order valence-electron chi connectivity index (χ4n) is 1.56. The number of aromatic nitrogens is 2. The third-order valence-corrected chi connectivity index (χ3v) is 2.65. The molecule has 0 aliphatic carbocycles. The largest absolute Gasteiger partial charge is 0.414 e. The Kier molecular flexibility index (Phi) is 3.76. The van der Waals surface area contributed by atoms with Crippen LogP contribution in [0, 0.1) is 12.7 Å². The van der Waals surface area contributed by atoms with E-state index in [-0.39, 0.29) is 11.7 Å². The van der Waals surface area contributed by atoms with Gasteiger partial charge in [-0.3, -0.25) is 0 Å². The summed E-state index contributed by atoms with van der Waals surface area (Å²) in [6.07, 6.45) is -8.18. The molecule has 0 saturated carbocycles. The van der Waals surface area contributed by atoms with Crippen LogP contribution in [-0.2, 0) is 6.42 Å². The number of halogens is 4. The Morgan fingerprint density at radius 1 is 1.35 bits per heavy atom. The first-order valence-electron chi connectivity index (χ1n) is 5.61. The van der Waals surface area contributed by atoms with Crippen molar-refractivity contribution in [3.63, 3.8) is 0 Å². The van der Waals surface area contributed by atoms with Gasteiger partial charge in [0.05, 0.1) is 6.42 Å². The van der Waals surface area contributed by atoms with Crippen LogP contribution in [0.2, 0.25) is 0 Å². The van der Waals surface area contributed by atoms with Gasteiger partial charge >= 0.3 is 6.18 Å². The van der Waals surface area contributed by atoms with E-state index in [4.69, 9.17) is 5.11 Å². The summed E-state index contributed by atoms with van der Waals surface area (Å²) in [5.74, 6) is -0.910. The second kappa shape index (κ2) is 5.20. The average molecular weight is 290 g/mol. The van der Waals surface area contributed by atoms with E-state index in [0.29, 0.717) is 11.1 Å². The lowest BCUT2D eigenvalue weighted by atomic mass is 10.1. The van der Waals surface area contributed by atoms with Gasteiger partial charge in [0.2, 0.25) is 11.7 Å². The Balaban J connectivity index is 2.23. The van der Waals surface area contributed by atoms with Crippen molar-refractivity contribution in [3.8, 4) is 11.4 Å². The SMILES string of the molecule is Cc1ccc(F)cc1-c1noc(CC(O)C(F)(F)F)n1. The molecule has 1 aromatic carbocycles. The molecule has 0 fully saturated rings. The van der Waals surface area contributed by atoms with Crippen molar-refractivity contribution in [1.82, 2.24) is 10.1 Å². The highest BCUT2D eigenvalue weighted by Gasteiger charge is 2.39. The molecule has 20 heavy (non-hydrogen) atoms. The summed E-state index contributed by atoms with van der Waals surface area (Å²) in [7, 11) is 0. The molecule has 0 amide bonds. The van der Waals surface area contributed by atoms with Crippen molar-refractivity contribution in [1.29, 1.82) is 0 Å². The monoisotopic (exact) mass is 290 g/mol. The van der Waals surface area contributed by atoms with Crippen molar-refractivity contribution >= 4 is 0 Å². The highest BCUT2D eigenvalue weighted by Crippen LogP contribution is 2.25. The van der Waals surface area contributed by atoms with Gasteiger partial charge in [0, 0.05) is 5.56 Å². The summed E-state index contributed by atoms with van der Waals surface area (Å²) >= 11 is 0. The molecule has 0 aliphatic rings. The molecule has 1 aromatic heterocycles. The predicted molar refractivity (Wildman–Crippen MR) is 60.2 cm³/mol. The number of hydrogen-bond donors (Lipinski definition) is 1. The molecular weight excluding hydrogens is 280 g/mol. The van der Waals surface area contributed by atoms with Crippen LogP contribution in [0.5, 0.6) is 0 Å². The molecule has 0 bridgehead atoms. The maximum atomic E-state index is 13.1. The molecule has 2 rings (SSSR count). The van der Waals surface area contributed by atoms with Crippen LogP contribution in [0.15, 0.2) is 22.7 Å². The highest BCUT2D eigenvalue weighted by molar-refractivity contribution is 5.59. The molecule has 0 saturated heterocycles. The van der Waals surface area contributed by atoms with Crippen LogP contribution in [0.1, 0.15) is 11.5 Å². The van der Waals surface area contributed by atoms with E-state index in [0.717, 1.165) is 6.07 Å². The highest BCUT2D eigenvalue weighted by atomic mass is 19.4. The fraction of sp³-hybridized carbons (Fsp3) is 0.333. The lowest BCUT2D eigenvalue weighted by Gasteiger charge is -2.11. The van der Waals surface area contributed by atoms with Crippen molar-refractivity contribution in [2.45, 2.75) is 25.6 Å². The molecule has 2 aromatic rings. The van der Waals surface area contributed by atoms with Gasteiger partial charge in [-0.1, -0.05) is 11.2 Å².